The molecular weight excluding hydrogens is 146 g/mol. The SMILES string of the molecule is CCCCCC[C@H](CC)CNC. The molecule has 1 N–H and O–H groups in total. The third-order valence-corrected chi connectivity index (χ3v) is 2.54. The van der Waals surface area contributed by atoms with Crippen LogP contribution in [0.2, 0.25) is 0 Å². The summed E-state index contributed by atoms with van der Waals surface area (Å²) in [5.74, 6) is 0.909. The Balaban J connectivity index is 3.19. The van der Waals surface area contributed by atoms with Crippen LogP contribution in [0.1, 0.15) is 52.4 Å². The molecule has 0 heterocycles. The summed E-state index contributed by atoms with van der Waals surface area (Å²) in [6, 6.07) is 0. The second kappa shape index (κ2) is 9.05. The van der Waals surface area contributed by atoms with Gasteiger partial charge in [-0.2, -0.15) is 0 Å². The minimum atomic E-state index is 0.909. The van der Waals surface area contributed by atoms with Gasteiger partial charge in [0, 0.05) is 0 Å². The number of nitrogens with one attached hydrogen (secondary N) is 1. The number of unbranched alkanes of at least 4 members (excludes halogenated alkanes) is 3. The lowest BCUT2D eigenvalue weighted by Gasteiger charge is -2.13. The Bertz CT molecular complexity index is 81.1. The van der Waals surface area contributed by atoms with Crippen molar-refractivity contribution in [3.05, 3.63) is 0 Å². The van der Waals surface area contributed by atoms with E-state index in [0.717, 1.165) is 5.92 Å². The number of hydrogen-bond donors (Lipinski definition) is 1. The minimum absolute atomic E-state index is 0.909. The predicted octanol–water partition coefficient (Wildman–Crippen LogP) is 3.20. The van der Waals surface area contributed by atoms with Crippen LogP contribution in [-0.4, -0.2) is 13.6 Å². The Morgan fingerprint density at radius 1 is 1.08 bits per heavy atom. The lowest BCUT2D eigenvalue weighted by atomic mass is 9.98. The molecule has 0 amide bonds. The maximum atomic E-state index is 3.26. The molecule has 0 saturated heterocycles. The van der Waals surface area contributed by atoms with Gasteiger partial charge in [0.2, 0.25) is 0 Å². The van der Waals surface area contributed by atoms with Gasteiger partial charge in [-0.25, -0.2) is 0 Å². The summed E-state index contributed by atoms with van der Waals surface area (Å²) in [4.78, 5) is 0. The Hall–Kier alpha value is -0.0400. The van der Waals surface area contributed by atoms with E-state index in [4.69, 9.17) is 0 Å². The van der Waals surface area contributed by atoms with Crippen LogP contribution in [-0.2, 0) is 0 Å². The van der Waals surface area contributed by atoms with E-state index in [1.807, 2.05) is 0 Å². The highest BCUT2D eigenvalue weighted by Gasteiger charge is 2.03. The molecule has 0 fully saturated rings. The molecule has 0 aromatic rings. The van der Waals surface area contributed by atoms with Gasteiger partial charge in [-0.05, 0) is 25.9 Å². The first-order chi connectivity index (χ1) is 5.85. The van der Waals surface area contributed by atoms with E-state index in [1.165, 1.54) is 45.1 Å². The van der Waals surface area contributed by atoms with E-state index in [9.17, 15) is 0 Å². The largest absolute Gasteiger partial charge is 0.319 e. The van der Waals surface area contributed by atoms with Crippen molar-refractivity contribution in [2.24, 2.45) is 5.92 Å². The minimum Gasteiger partial charge on any atom is -0.319 e. The molecule has 0 aromatic heterocycles. The quantitative estimate of drug-likeness (QED) is 0.553. The molecule has 0 bridgehead atoms. The van der Waals surface area contributed by atoms with E-state index >= 15 is 0 Å². The summed E-state index contributed by atoms with van der Waals surface area (Å²) in [6.45, 7) is 5.76. The zero-order valence-electron chi connectivity index (χ0n) is 9.03. The Labute approximate surface area is 77.9 Å². The van der Waals surface area contributed by atoms with Crippen LogP contribution in [0.5, 0.6) is 0 Å². The summed E-state index contributed by atoms with van der Waals surface area (Å²) in [5.41, 5.74) is 0. The van der Waals surface area contributed by atoms with Crippen molar-refractivity contribution < 1.29 is 0 Å². The molecule has 0 unspecified atom stereocenters. The van der Waals surface area contributed by atoms with Gasteiger partial charge in [0.25, 0.3) is 0 Å². The lowest BCUT2D eigenvalue weighted by Crippen LogP contribution is -2.18. The zero-order chi connectivity index (χ0) is 9.23. The topological polar surface area (TPSA) is 12.0 Å². The molecule has 0 aliphatic carbocycles. The van der Waals surface area contributed by atoms with Gasteiger partial charge in [0.05, 0.1) is 0 Å². The van der Waals surface area contributed by atoms with Gasteiger partial charge in [-0.15, -0.1) is 0 Å². The van der Waals surface area contributed by atoms with E-state index in [0.29, 0.717) is 0 Å². The van der Waals surface area contributed by atoms with Crippen LogP contribution in [0.3, 0.4) is 0 Å². The van der Waals surface area contributed by atoms with Gasteiger partial charge in [0.1, 0.15) is 0 Å². The normalized spacial score (nSPS) is 13.2. The van der Waals surface area contributed by atoms with Crippen molar-refractivity contribution in [1.82, 2.24) is 5.32 Å². The molecule has 0 aromatic carbocycles. The predicted molar refractivity (Wildman–Crippen MR) is 56.5 cm³/mol. The molecular formula is C11H25N. The number of rotatable bonds is 8. The highest BCUT2D eigenvalue weighted by molar-refractivity contribution is 4.59. The molecule has 1 nitrogen and oxygen atoms in total. The van der Waals surface area contributed by atoms with Crippen LogP contribution < -0.4 is 5.32 Å². The van der Waals surface area contributed by atoms with Gasteiger partial charge < -0.3 is 5.32 Å². The molecule has 0 aliphatic rings. The fourth-order valence-electron chi connectivity index (χ4n) is 1.60. The molecule has 0 saturated carbocycles. The molecule has 0 rings (SSSR count). The lowest BCUT2D eigenvalue weighted by molar-refractivity contribution is 0.426. The van der Waals surface area contributed by atoms with Crippen LogP contribution in [0.4, 0.5) is 0 Å². The fourth-order valence-corrected chi connectivity index (χ4v) is 1.60. The summed E-state index contributed by atoms with van der Waals surface area (Å²) in [7, 11) is 2.05. The summed E-state index contributed by atoms with van der Waals surface area (Å²) < 4.78 is 0. The van der Waals surface area contributed by atoms with Crippen molar-refractivity contribution in [1.29, 1.82) is 0 Å². The van der Waals surface area contributed by atoms with Crippen LogP contribution >= 0.6 is 0 Å². The molecule has 12 heavy (non-hydrogen) atoms. The van der Waals surface area contributed by atoms with E-state index in [2.05, 4.69) is 26.2 Å². The molecule has 1 atom stereocenters. The molecule has 0 aliphatic heterocycles. The first-order valence-electron chi connectivity index (χ1n) is 5.49. The second-order valence-corrected chi connectivity index (χ2v) is 3.68. The average molecular weight is 171 g/mol. The number of hydrogen-bond acceptors (Lipinski definition) is 1. The summed E-state index contributed by atoms with van der Waals surface area (Å²) in [6.07, 6.45) is 8.36. The molecule has 0 radical (unpaired) electrons. The first-order valence-corrected chi connectivity index (χ1v) is 5.49. The highest BCUT2D eigenvalue weighted by Crippen LogP contribution is 2.12. The maximum absolute atomic E-state index is 3.26. The van der Waals surface area contributed by atoms with Crippen molar-refractivity contribution >= 4 is 0 Å². The van der Waals surface area contributed by atoms with E-state index in [1.54, 1.807) is 0 Å². The summed E-state index contributed by atoms with van der Waals surface area (Å²) >= 11 is 0. The van der Waals surface area contributed by atoms with Gasteiger partial charge >= 0.3 is 0 Å². The van der Waals surface area contributed by atoms with Gasteiger partial charge in [-0.1, -0.05) is 46.0 Å². The monoisotopic (exact) mass is 171 g/mol. The second-order valence-electron chi connectivity index (χ2n) is 3.68. The van der Waals surface area contributed by atoms with E-state index < -0.39 is 0 Å². The van der Waals surface area contributed by atoms with Crippen molar-refractivity contribution in [3.8, 4) is 0 Å². The van der Waals surface area contributed by atoms with Crippen molar-refractivity contribution in [3.63, 3.8) is 0 Å². The summed E-state index contributed by atoms with van der Waals surface area (Å²) in [5, 5.41) is 3.26. The standard InChI is InChI=1S/C11H25N/c1-4-6-7-8-9-11(5-2)10-12-3/h11-12H,4-10H2,1-3H3/t11-/m0/s1. The third kappa shape index (κ3) is 6.66. The van der Waals surface area contributed by atoms with Crippen LogP contribution in [0.25, 0.3) is 0 Å². The molecule has 1 heteroatoms. The van der Waals surface area contributed by atoms with Crippen molar-refractivity contribution in [2.75, 3.05) is 13.6 Å². The Kier molecular flexibility index (Phi) is 9.02. The Morgan fingerprint density at radius 3 is 2.33 bits per heavy atom. The van der Waals surface area contributed by atoms with E-state index in [-0.39, 0.29) is 0 Å². The zero-order valence-corrected chi connectivity index (χ0v) is 9.03. The van der Waals surface area contributed by atoms with Gasteiger partial charge in [-0.3, -0.25) is 0 Å². The highest BCUT2D eigenvalue weighted by atomic mass is 14.8. The van der Waals surface area contributed by atoms with Crippen molar-refractivity contribution in [2.45, 2.75) is 52.4 Å². The first kappa shape index (κ1) is 12.0. The van der Waals surface area contributed by atoms with Gasteiger partial charge in [0.15, 0.2) is 0 Å². The Morgan fingerprint density at radius 2 is 1.83 bits per heavy atom. The molecule has 74 valence electrons. The average Bonchev–Trinajstić information content (AvgIpc) is 2.10. The molecule has 0 spiro atoms. The van der Waals surface area contributed by atoms with Crippen LogP contribution in [0, 0.1) is 5.92 Å². The maximum Gasteiger partial charge on any atom is -0.00236 e. The third-order valence-electron chi connectivity index (χ3n) is 2.54. The smallest absolute Gasteiger partial charge is 0.00236 e. The fraction of sp³-hybridized carbons (Fsp3) is 1.00. The van der Waals surface area contributed by atoms with Crippen LogP contribution in [0.15, 0.2) is 0 Å².